The van der Waals surface area contributed by atoms with E-state index >= 15 is 0 Å². The van der Waals surface area contributed by atoms with Crippen LogP contribution in [-0.2, 0) is 4.79 Å². The Balaban J connectivity index is 1.27. The van der Waals surface area contributed by atoms with Crippen LogP contribution in [0.1, 0.15) is 23.2 Å². The van der Waals surface area contributed by atoms with E-state index in [2.05, 4.69) is 10.2 Å². The summed E-state index contributed by atoms with van der Waals surface area (Å²) in [6.45, 7) is 3.33. The lowest BCUT2D eigenvalue weighted by Crippen LogP contribution is -2.42. The summed E-state index contributed by atoms with van der Waals surface area (Å²) in [6.07, 6.45) is 1.62. The monoisotopic (exact) mass is 499 g/mol. The van der Waals surface area contributed by atoms with Crippen molar-refractivity contribution in [2.24, 2.45) is 0 Å². The van der Waals surface area contributed by atoms with Crippen molar-refractivity contribution < 1.29 is 23.8 Å². The van der Waals surface area contributed by atoms with E-state index in [1.807, 2.05) is 47.0 Å². The van der Waals surface area contributed by atoms with Gasteiger partial charge in [0.25, 0.3) is 5.91 Å². The van der Waals surface area contributed by atoms with E-state index < -0.39 is 0 Å². The summed E-state index contributed by atoms with van der Waals surface area (Å²) >= 11 is 1.87. The third-order valence-electron chi connectivity index (χ3n) is 6.26. The van der Waals surface area contributed by atoms with Crippen molar-refractivity contribution in [2.45, 2.75) is 18.9 Å². The number of thioether (sulfide) groups is 1. The number of ether oxygens (including phenoxy) is 3. The van der Waals surface area contributed by atoms with Gasteiger partial charge in [0.1, 0.15) is 6.10 Å². The topological polar surface area (TPSA) is 80.3 Å². The molecule has 2 saturated heterocycles. The third kappa shape index (κ3) is 6.61. The number of anilines is 1. The molecular weight excluding hydrogens is 466 g/mol. The zero-order valence-electron chi connectivity index (χ0n) is 20.3. The average molecular weight is 500 g/mol. The number of carbonyl (C=O) groups is 2. The van der Waals surface area contributed by atoms with Crippen LogP contribution in [0.3, 0.4) is 0 Å². The smallest absolute Gasteiger partial charge is 0.253 e. The van der Waals surface area contributed by atoms with E-state index in [-0.39, 0.29) is 17.9 Å². The molecular formula is C26H33N3O5S. The fraction of sp³-hybridized carbons (Fsp3) is 0.462. The molecule has 2 aromatic rings. The van der Waals surface area contributed by atoms with E-state index in [0.717, 1.165) is 50.5 Å². The molecule has 2 aromatic carbocycles. The molecule has 2 amide bonds. The lowest BCUT2D eigenvalue weighted by atomic mass is 10.1. The number of hydrogen-bond acceptors (Lipinski definition) is 7. The highest BCUT2D eigenvalue weighted by atomic mass is 32.2. The van der Waals surface area contributed by atoms with Gasteiger partial charge in [-0.1, -0.05) is 12.1 Å². The highest BCUT2D eigenvalue weighted by molar-refractivity contribution is 7.99. The van der Waals surface area contributed by atoms with Gasteiger partial charge in [-0.3, -0.25) is 14.5 Å². The number of hydrogen-bond donors (Lipinski definition) is 1. The summed E-state index contributed by atoms with van der Waals surface area (Å²) in [5.41, 5.74) is 1.26. The standard InChI is InChI=1S/C26H33N3O5S/c1-32-22-7-4-8-23(33-2)25(22)34-21-9-11-28(12-10-21)18-24(30)27-20-6-3-5-19(17-20)26(31)29-13-15-35-16-14-29/h3-8,17,21H,9-16,18H2,1-2H3,(H,27,30). The first-order valence-corrected chi connectivity index (χ1v) is 13.1. The fourth-order valence-corrected chi connectivity index (χ4v) is 5.27. The Bertz CT molecular complexity index is 998. The van der Waals surface area contributed by atoms with Gasteiger partial charge in [0, 0.05) is 48.9 Å². The van der Waals surface area contributed by atoms with Gasteiger partial charge in [0.2, 0.25) is 11.7 Å². The van der Waals surface area contributed by atoms with Gasteiger partial charge >= 0.3 is 0 Å². The maximum Gasteiger partial charge on any atom is 0.253 e. The predicted molar refractivity (Wildman–Crippen MR) is 138 cm³/mol. The van der Waals surface area contributed by atoms with Gasteiger partial charge in [-0.15, -0.1) is 0 Å². The van der Waals surface area contributed by atoms with Crippen molar-refractivity contribution in [3.63, 3.8) is 0 Å². The second-order valence-corrected chi connectivity index (χ2v) is 9.84. The normalized spacial score (nSPS) is 17.0. The minimum absolute atomic E-state index is 0.0233. The van der Waals surface area contributed by atoms with Crippen LogP contribution in [0.4, 0.5) is 5.69 Å². The molecule has 2 fully saturated rings. The van der Waals surface area contributed by atoms with Crippen LogP contribution in [0.5, 0.6) is 17.2 Å². The number of rotatable bonds is 8. The number of amides is 2. The largest absolute Gasteiger partial charge is 0.493 e. The molecule has 0 aromatic heterocycles. The number of piperidine rings is 1. The van der Waals surface area contributed by atoms with Gasteiger partial charge in [-0.25, -0.2) is 0 Å². The van der Waals surface area contributed by atoms with E-state index in [1.54, 1.807) is 26.4 Å². The third-order valence-corrected chi connectivity index (χ3v) is 7.20. The number of nitrogens with zero attached hydrogens (tertiary/aromatic N) is 2. The van der Waals surface area contributed by atoms with Crippen LogP contribution >= 0.6 is 11.8 Å². The fourth-order valence-electron chi connectivity index (χ4n) is 4.37. The Morgan fingerprint density at radius 2 is 1.63 bits per heavy atom. The van der Waals surface area contributed by atoms with Gasteiger partial charge in [0.05, 0.1) is 20.8 Å². The van der Waals surface area contributed by atoms with Gasteiger partial charge in [0.15, 0.2) is 11.5 Å². The molecule has 0 aliphatic carbocycles. The lowest BCUT2D eigenvalue weighted by Gasteiger charge is -2.32. The lowest BCUT2D eigenvalue weighted by molar-refractivity contribution is -0.117. The Morgan fingerprint density at radius 1 is 0.971 bits per heavy atom. The number of benzene rings is 2. The molecule has 1 N–H and O–H groups in total. The highest BCUT2D eigenvalue weighted by Crippen LogP contribution is 2.38. The van der Waals surface area contributed by atoms with Gasteiger partial charge < -0.3 is 24.4 Å². The maximum absolute atomic E-state index is 12.8. The Kier molecular flexibility index (Phi) is 8.76. The predicted octanol–water partition coefficient (Wildman–Crippen LogP) is 3.37. The van der Waals surface area contributed by atoms with Crippen molar-refractivity contribution in [2.75, 3.05) is 63.8 Å². The summed E-state index contributed by atoms with van der Waals surface area (Å²) in [5, 5.41) is 2.95. The number of nitrogens with one attached hydrogen (secondary N) is 1. The molecule has 2 heterocycles. The Morgan fingerprint density at radius 3 is 2.29 bits per heavy atom. The molecule has 0 unspecified atom stereocenters. The van der Waals surface area contributed by atoms with Crippen molar-refractivity contribution in [1.82, 2.24) is 9.80 Å². The first-order chi connectivity index (χ1) is 17.1. The molecule has 2 aliphatic rings. The summed E-state index contributed by atoms with van der Waals surface area (Å²) in [7, 11) is 3.22. The Labute approximate surface area is 210 Å². The van der Waals surface area contributed by atoms with E-state index in [1.165, 1.54) is 0 Å². The number of carbonyl (C=O) groups excluding carboxylic acids is 2. The van der Waals surface area contributed by atoms with Crippen LogP contribution in [0, 0.1) is 0 Å². The van der Waals surface area contributed by atoms with Crippen molar-refractivity contribution >= 4 is 29.3 Å². The molecule has 4 rings (SSSR count). The zero-order chi connectivity index (χ0) is 24.6. The van der Waals surface area contributed by atoms with E-state index in [4.69, 9.17) is 14.2 Å². The molecule has 35 heavy (non-hydrogen) atoms. The van der Waals surface area contributed by atoms with E-state index in [9.17, 15) is 9.59 Å². The average Bonchev–Trinajstić information content (AvgIpc) is 2.90. The first kappa shape index (κ1) is 25.2. The van der Waals surface area contributed by atoms with Gasteiger partial charge in [-0.05, 0) is 43.2 Å². The summed E-state index contributed by atoms with van der Waals surface area (Å²) in [5.74, 6) is 3.78. The highest BCUT2D eigenvalue weighted by Gasteiger charge is 2.25. The van der Waals surface area contributed by atoms with Crippen LogP contribution < -0.4 is 19.5 Å². The summed E-state index contributed by atoms with van der Waals surface area (Å²) in [6, 6.07) is 12.8. The Hall–Kier alpha value is -2.91. The molecule has 188 valence electrons. The molecule has 0 bridgehead atoms. The maximum atomic E-state index is 12.8. The van der Waals surface area contributed by atoms with Crippen molar-refractivity contribution in [3.8, 4) is 17.2 Å². The van der Waals surface area contributed by atoms with Crippen LogP contribution in [0.15, 0.2) is 42.5 Å². The molecule has 0 radical (unpaired) electrons. The number of methoxy groups -OCH3 is 2. The molecule has 0 spiro atoms. The second kappa shape index (κ2) is 12.2. The summed E-state index contributed by atoms with van der Waals surface area (Å²) < 4.78 is 17.1. The quantitative estimate of drug-likeness (QED) is 0.597. The van der Waals surface area contributed by atoms with Crippen molar-refractivity contribution in [1.29, 1.82) is 0 Å². The molecule has 2 aliphatic heterocycles. The van der Waals surface area contributed by atoms with Crippen LogP contribution in [-0.4, -0.2) is 86.2 Å². The molecule has 0 atom stereocenters. The number of likely N-dealkylation sites (tertiary alicyclic amines) is 1. The van der Waals surface area contributed by atoms with E-state index in [0.29, 0.717) is 35.0 Å². The van der Waals surface area contributed by atoms with Gasteiger partial charge in [-0.2, -0.15) is 11.8 Å². The second-order valence-electron chi connectivity index (χ2n) is 8.62. The first-order valence-electron chi connectivity index (χ1n) is 11.9. The van der Waals surface area contributed by atoms with Crippen molar-refractivity contribution in [3.05, 3.63) is 48.0 Å². The zero-order valence-corrected chi connectivity index (χ0v) is 21.1. The molecule has 8 nitrogen and oxygen atoms in total. The van der Waals surface area contributed by atoms with Crippen LogP contribution in [0.25, 0.3) is 0 Å². The minimum atomic E-state index is -0.0882. The summed E-state index contributed by atoms with van der Waals surface area (Å²) in [4.78, 5) is 29.5. The van der Waals surface area contributed by atoms with Crippen LogP contribution in [0.2, 0.25) is 0 Å². The minimum Gasteiger partial charge on any atom is -0.493 e. The molecule has 9 heteroatoms. The molecule has 0 saturated carbocycles. The SMILES string of the molecule is COc1cccc(OC)c1OC1CCN(CC(=O)Nc2cccc(C(=O)N3CCSCC3)c2)CC1. The number of para-hydroxylation sites is 1.